The number of hydrogen-bond donors (Lipinski definition) is 2. The number of anilines is 1. The van der Waals surface area contributed by atoms with Gasteiger partial charge >= 0.3 is 6.03 Å². The van der Waals surface area contributed by atoms with E-state index in [4.69, 9.17) is 10.00 Å². The molecule has 2 rings (SSSR count). The molecule has 1 aliphatic rings. The Morgan fingerprint density at radius 2 is 2.18 bits per heavy atom. The van der Waals surface area contributed by atoms with Crippen LogP contribution in [-0.4, -0.2) is 18.9 Å². The van der Waals surface area contributed by atoms with E-state index < -0.39 is 0 Å². The molecule has 1 saturated heterocycles. The van der Waals surface area contributed by atoms with Crippen molar-refractivity contribution in [3.05, 3.63) is 29.8 Å². The van der Waals surface area contributed by atoms with Gasteiger partial charge in [-0.25, -0.2) is 4.79 Å². The number of nitrogens with zero attached hydrogens (tertiary/aromatic N) is 1. The fraction of sp³-hybridized carbons (Fsp3) is 0.333. The maximum atomic E-state index is 11.6. The molecule has 0 radical (unpaired) electrons. The molecule has 1 aromatic rings. The van der Waals surface area contributed by atoms with Crippen molar-refractivity contribution < 1.29 is 9.53 Å². The van der Waals surface area contributed by atoms with E-state index in [0.717, 1.165) is 12.8 Å². The van der Waals surface area contributed by atoms with E-state index in [0.29, 0.717) is 17.9 Å². The van der Waals surface area contributed by atoms with Gasteiger partial charge in [-0.15, -0.1) is 0 Å². The van der Waals surface area contributed by atoms with Crippen LogP contribution >= 0.6 is 0 Å². The van der Waals surface area contributed by atoms with E-state index in [2.05, 4.69) is 10.6 Å². The summed E-state index contributed by atoms with van der Waals surface area (Å²) in [4.78, 5) is 11.6. The molecule has 2 N–H and O–H groups in total. The lowest BCUT2D eigenvalue weighted by Gasteiger charge is -2.12. The normalized spacial score (nSPS) is 18.4. The summed E-state index contributed by atoms with van der Waals surface area (Å²) in [7, 11) is 0. The third-order valence-corrected chi connectivity index (χ3v) is 2.49. The zero-order chi connectivity index (χ0) is 12.1. The molecule has 0 spiro atoms. The van der Waals surface area contributed by atoms with E-state index in [1.54, 1.807) is 24.3 Å². The minimum atomic E-state index is -0.290. The van der Waals surface area contributed by atoms with Gasteiger partial charge in [0.1, 0.15) is 6.23 Å². The Kier molecular flexibility index (Phi) is 3.58. The summed E-state index contributed by atoms with van der Waals surface area (Å²) in [6.45, 7) is 0.696. The maximum absolute atomic E-state index is 11.6. The van der Waals surface area contributed by atoms with E-state index in [9.17, 15) is 4.79 Å². The third kappa shape index (κ3) is 3.20. The standard InChI is InChI=1S/C12H13N3O2/c13-8-9-3-5-10(6-4-9)14-12(16)15-11-2-1-7-17-11/h3-6,11H,1-2,7H2,(H2,14,15,16). The first-order chi connectivity index (χ1) is 8.28. The zero-order valence-electron chi connectivity index (χ0n) is 9.27. The first-order valence-corrected chi connectivity index (χ1v) is 5.47. The molecule has 0 saturated carbocycles. The van der Waals surface area contributed by atoms with E-state index in [1.165, 1.54) is 0 Å². The number of amides is 2. The fourth-order valence-corrected chi connectivity index (χ4v) is 1.63. The SMILES string of the molecule is N#Cc1ccc(NC(=O)NC2CCCO2)cc1. The van der Waals surface area contributed by atoms with Crippen LogP contribution in [0.4, 0.5) is 10.5 Å². The average Bonchev–Trinajstić information content (AvgIpc) is 2.82. The van der Waals surface area contributed by atoms with Crippen molar-refractivity contribution in [2.24, 2.45) is 0 Å². The Bertz CT molecular complexity index is 430. The molecule has 0 bridgehead atoms. The molecule has 1 unspecified atom stereocenters. The predicted molar refractivity (Wildman–Crippen MR) is 62.3 cm³/mol. The molecule has 17 heavy (non-hydrogen) atoms. The second kappa shape index (κ2) is 5.32. The number of nitrogens with one attached hydrogen (secondary N) is 2. The van der Waals surface area contributed by atoms with Crippen LogP contribution in [-0.2, 0) is 4.74 Å². The monoisotopic (exact) mass is 231 g/mol. The summed E-state index contributed by atoms with van der Waals surface area (Å²) in [6.07, 6.45) is 1.64. The van der Waals surface area contributed by atoms with Gasteiger partial charge in [0.05, 0.1) is 11.6 Å². The molecule has 1 fully saturated rings. The molecular formula is C12H13N3O2. The van der Waals surface area contributed by atoms with Crippen molar-refractivity contribution in [3.63, 3.8) is 0 Å². The van der Waals surface area contributed by atoms with Crippen molar-refractivity contribution in [1.82, 2.24) is 5.32 Å². The molecule has 1 atom stereocenters. The number of nitriles is 1. The molecule has 88 valence electrons. The number of benzene rings is 1. The number of hydrogen-bond acceptors (Lipinski definition) is 3. The first-order valence-electron chi connectivity index (χ1n) is 5.47. The number of carbonyl (C=O) groups is 1. The van der Waals surface area contributed by atoms with Crippen molar-refractivity contribution in [2.75, 3.05) is 11.9 Å². The van der Waals surface area contributed by atoms with Gasteiger partial charge in [-0.2, -0.15) is 5.26 Å². The largest absolute Gasteiger partial charge is 0.358 e. The second-order valence-corrected chi connectivity index (χ2v) is 3.79. The van der Waals surface area contributed by atoms with E-state index in [-0.39, 0.29) is 12.3 Å². The van der Waals surface area contributed by atoms with Crippen LogP contribution in [0.3, 0.4) is 0 Å². The summed E-state index contributed by atoms with van der Waals surface area (Å²) >= 11 is 0. The van der Waals surface area contributed by atoms with Gasteiger partial charge in [-0.3, -0.25) is 0 Å². The minimum Gasteiger partial charge on any atom is -0.358 e. The minimum absolute atomic E-state index is 0.187. The van der Waals surface area contributed by atoms with Crippen molar-refractivity contribution >= 4 is 11.7 Å². The van der Waals surface area contributed by atoms with Crippen molar-refractivity contribution in [1.29, 1.82) is 5.26 Å². The average molecular weight is 231 g/mol. The summed E-state index contributed by atoms with van der Waals surface area (Å²) in [5.41, 5.74) is 1.22. The number of urea groups is 1. The Hall–Kier alpha value is -2.06. The Morgan fingerprint density at radius 3 is 2.76 bits per heavy atom. The van der Waals surface area contributed by atoms with Crippen LogP contribution in [0.5, 0.6) is 0 Å². The van der Waals surface area contributed by atoms with E-state index >= 15 is 0 Å². The molecule has 0 aromatic heterocycles. The molecule has 1 heterocycles. The Labute approximate surface area is 99.4 Å². The van der Waals surface area contributed by atoms with Gasteiger partial charge in [0, 0.05) is 12.3 Å². The summed E-state index contributed by atoms with van der Waals surface area (Å²) in [5, 5.41) is 14.0. The lowest BCUT2D eigenvalue weighted by atomic mass is 10.2. The number of rotatable bonds is 2. The molecule has 0 aliphatic carbocycles. The highest BCUT2D eigenvalue weighted by molar-refractivity contribution is 5.89. The van der Waals surface area contributed by atoms with Crippen molar-refractivity contribution in [2.45, 2.75) is 19.1 Å². The topological polar surface area (TPSA) is 74.2 Å². The molecule has 1 aromatic carbocycles. The lowest BCUT2D eigenvalue weighted by Crippen LogP contribution is -2.37. The van der Waals surface area contributed by atoms with Gasteiger partial charge in [0.15, 0.2) is 0 Å². The van der Waals surface area contributed by atoms with Crippen LogP contribution in [0.15, 0.2) is 24.3 Å². The summed E-state index contributed by atoms with van der Waals surface area (Å²) < 4.78 is 5.28. The Balaban J connectivity index is 1.86. The molecular weight excluding hydrogens is 218 g/mol. The zero-order valence-corrected chi connectivity index (χ0v) is 9.27. The quantitative estimate of drug-likeness (QED) is 0.815. The highest BCUT2D eigenvalue weighted by Crippen LogP contribution is 2.11. The smallest absolute Gasteiger partial charge is 0.321 e. The van der Waals surface area contributed by atoms with E-state index in [1.807, 2.05) is 6.07 Å². The highest BCUT2D eigenvalue weighted by atomic mass is 16.5. The summed E-state index contributed by atoms with van der Waals surface area (Å²) in [6, 6.07) is 8.41. The molecule has 5 heteroatoms. The molecule has 1 aliphatic heterocycles. The van der Waals surface area contributed by atoms with Crippen LogP contribution < -0.4 is 10.6 Å². The predicted octanol–water partition coefficient (Wildman–Crippen LogP) is 1.82. The lowest BCUT2D eigenvalue weighted by molar-refractivity contribution is 0.0928. The highest BCUT2D eigenvalue weighted by Gasteiger charge is 2.17. The van der Waals surface area contributed by atoms with Crippen LogP contribution in [0.2, 0.25) is 0 Å². The van der Waals surface area contributed by atoms with Gasteiger partial charge in [-0.1, -0.05) is 0 Å². The van der Waals surface area contributed by atoms with Crippen LogP contribution in [0, 0.1) is 11.3 Å². The van der Waals surface area contributed by atoms with Crippen molar-refractivity contribution in [3.8, 4) is 6.07 Å². The molecule has 2 amide bonds. The first kappa shape index (κ1) is 11.4. The number of ether oxygens (including phenoxy) is 1. The van der Waals surface area contributed by atoms with Gasteiger partial charge in [0.2, 0.25) is 0 Å². The van der Waals surface area contributed by atoms with Crippen LogP contribution in [0.25, 0.3) is 0 Å². The van der Waals surface area contributed by atoms with Gasteiger partial charge in [0.25, 0.3) is 0 Å². The second-order valence-electron chi connectivity index (χ2n) is 3.79. The van der Waals surface area contributed by atoms with Gasteiger partial charge in [-0.05, 0) is 37.1 Å². The number of carbonyl (C=O) groups excluding carboxylic acids is 1. The third-order valence-electron chi connectivity index (χ3n) is 2.49. The maximum Gasteiger partial charge on any atom is 0.321 e. The Morgan fingerprint density at radius 1 is 1.41 bits per heavy atom. The fourth-order valence-electron chi connectivity index (χ4n) is 1.63. The summed E-state index contributed by atoms with van der Waals surface area (Å²) in [5.74, 6) is 0. The molecule has 5 nitrogen and oxygen atoms in total. The van der Waals surface area contributed by atoms with Crippen LogP contribution in [0.1, 0.15) is 18.4 Å². The van der Waals surface area contributed by atoms with Gasteiger partial charge < -0.3 is 15.4 Å².